The highest BCUT2D eigenvalue weighted by Crippen LogP contribution is 2.31. The monoisotopic (exact) mass is 373 g/mol. The molecule has 0 amide bonds. The Kier molecular flexibility index (Phi) is 4.08. The average Bonchev–Trinajstić information content (AvgIpc) is 2.63. The molecule has 17 heavy (non-hydrogen) atoms. The van der Waals surface area contributed by atoms with Gasteiger partial charge in [0.1, 0.15) is 0 Å². The normalized spacial score (nSPS) is 14.6. The van der Waals surface area contributed by atoms with Gasteiger partial charge >= 0.3 is 0 Å². The average molecular weight is 375 g/mol. The van der Waals surface area contributed by atoms with Crippen LogP contribution in [0.25, 0.3) is 0 Å². The molecule has 0 radical (unpaired) electrons. The molecule has 2 aromatic rings. The summed E-state index contributed by atoms with van der Waals surface area (Å²) in [5.41, 5.74) is 7.23. The van der Waals surface area contributed by atoms with Crippen LogP contribution in [0.15, 0.2) is 44.7 Å². The zero-order valence-corrected chi connectivity index (χ0v) is 13.4. The summed E-state index contributed by atoms with van der Waals surface area (Å²) in [5, 5.41) is 2.09. The number of nitrogens with two attached hydrogens (primary N) is 1. The molecular formula is C13H13Br2NS. The predicted molar refractivity (Wildman–Crippen MR) is 81.4 cm³/mol. The molecule has 1 heterocycles. The van der Waals surface area contributed by atoms with Gasteiger partial charge in [0.2, 0.25) is 0 Å². The fourth-order valence-electron chi connectivity index (χ4n) is 1.83. The second-order valence-electron chi connectivity index (χ2n) is 4.31. The minimum Gasteiger partial charge on any atom is -0.321 e. The van der Waals surface area contributed by atoms with Crippen LogP contribution in [0.1, 0.15) is 17.4 Å². The molecule has 0 saturated carbocycles. The van der Waals surface area contributed by atoms with E-state index in [2.05, 4.69) is 56.3 Å². The molecule has 1 aromatic carbocycles. The third-order valence-corrected chi connectivity index (χ3v) is 5.04. The van der Waals surface area contributed by atoms with Crippen molar-refractivity contribution in [1.29, 1.82) is 0 Å². The molecule has 0 spiro atoms. The van der Waals surface area contributed by atoms with Crippen molar-refractivity contribution in [3.05, 3.63) is 55.1 Å². The summed E-state index contributed by atoms with van der Waals surface area (Å²) in [6, 6.07) is 10.3. The maximum Gasteiger partial charge on any atom is 0.0441 e. The molecule has 0 aliphatic heterocycles. The van der Waals surface area contributed by atoms with E-state index in [0.717, 1.165) is 20.9 Å². The van der Waals surface area contributed by atoms with Gasteiger partial charge in [-0.05, 0) is 40.5 Å². The number of rotatable bonds is 3. The summed E-state index contributed by atoms with van der Waals surface area (Å²) in [4.78, 5) is 1.29. The fraction of sp³-hybridized carbons (Fsp3) is 0.231. The first-order valence-corrected chi connectivity index (χ1v) is 7.72. The van der Waals surface area contributed by atoms with Crippen molar-refractivity contribution in [2.24, 2.45) is 5.73 Å². The van der Waals surface area contributed by atoms with Crippen LogP contribution in [0.2, 0.25) is 0 Å². The summed E-state index contributed by atoms with van der Waals surface area (Å²) in [6.07, 6.45) is 0.839. The number of benzene rings is 1. The first kappa shape index (κ1) is 13.3. The number of thiophene rings is 1. The van der Waals surface area contributed by atoms with Gasteiger partial charge in [-0.1, -0.05) is 34.1 Å². The summed E-state index contributed by atoms with van der Waals surface area (Å²) >= 11 is 8.77. The molecule has 1 atom stereocenters. The molecule has 2 N–H and O–H groups in total. The summed E-state index contributed by atoms with van der Waals surface area (Å²) in [5.74, 6) is 0. The highest BCUT2D eigenvalue weighted by molar-refractivity contribution is 9.10. The third-order valence-electron chi connectivity index (χ3n) is 2.65. The van der Waals surface area contributed by atoms with Crippen LogP contribution in [0.5, 0.6) is 0 Å². The minimum absolute atomic E-state index is 0.357. The maximum atomic E-state index is 6.44. The number of hydrogen-bond donors (Lipinski definition) is 1. The van der Waals surface area contributed by atoms with Crippen LogP contribution >= 0.6 is 43.2 Å². The van der Waals surface area contributed by atoms with Crippen molar-refractivity contribution in [2.75, 3.05) is 0 Å². The quantitative estimate of drug-likeness (QED) is 0.828. The van der Waals surface area contributed by atoms with Gasteiger partial charge in [0.05, 0.1) is 0 Å². The van der Waals surface area contributed by atoms with Gasteiger partial charge in [-0.15, -0.1) is 11.3 Å². The molecule has 0 saturated heterocycles. The van der Waals surface area contributed by atoms with Gasteiger partial charge in [0.25, 0.3) is 0 Å². The van der Waals surface area contributed by atoms with Gasteiger partial charge in [0.15, 0.2) is 0 Å². The van der Waals surface area contributed by atoms with E-state index in [1.807, 2.05) is 18.2 Å². The van der Waals surface area contributed by atoms with Crippen molar-refractivity contribution in [3.63, 3.8) is 0 Å². The summed E-state index contributed by atoms with van der Waals surface area (Å²) < 4.78 is 2.20. The Hall–Kier alpha value is -0.160. The van der Waals surface area contributed by atoms with Gasteiger partial charge < -0.3 is 5.73 Å². The molecule has 4 heteroatoms. The van der Waals surface area contributed by atoms with E-state index in [0.29, 0.717) is 0 Å². The van der Waals surface area contributed by atoms with Crippen molar-refractivity contribution < 1.29 is 0 Å². The molecule has 0 aliphatic rings. The lowest BCUT2D eigenvalue weighted by molar-refractivity contribution is 0.493. The van der Waals surface area contributed by atoms with Crippen LogP contribution in [-0.2, 0) is 12.0 Å². The SMILES string of the molecule is CC(N)(Cc1cc(Br)cs1)c1ccccc1Br. The third kappa shape index (κ3) is 3.19. The molecule has 1 nitrogen and oxygen atoms in total. The number of hydrogen-bond acceptors (Lipinski definition) is 2. The first-order chi connectivity index (χ1) is 7.99. The van der Waals surface area contributed by atoms with Crippen molar-refractivity contribution >= 4 is 43.2 Å². The van der Waals surface area contributed by atoms with Gasteiger partial charge in [0, 0.05) is 31.2 Å². The Labute approximate surface area is 122 Å². The van der Waals surface area contributed by atoms with E-state index < -0.39 is 0 Å². The molecule has 1 unspecified atom stereocenters. The molecule has 0 fully saturated rings. The van der Waals surface area contributed by atoms with Crippen LogP contribution in [-0.4, -0.2) is 0 Å². The van der Waals surface area contributed by atoms with E-state index in [9.17, 15) is 0 Å². The van der Waals surface area contributed by atoms with E-state index in [-0.39, 0.29) is 5.54 Å². The molecule has 0 bridgehead atoms. The summed E-state index contributed by atoms with van der Waals surface area (Å²) in [6.45, 7) is 2.07. The Morgan fingerprint density at radius 1 is 1.29 bits per heavy atom. The highest BCUT2D eigenvalue weighted by Gasteiger charge is 2.24. The van der Waals surface area contributed by atoms with E-state index in [1.165, 1.54) is 4.88 Å². The van der Waals surface area contributed by atoms with E-state index in [4.69, 9.17) is 5.73 Å². The largest absolute Gasteiger partial charge is 0.321 e. The molecule has 2 rings (SSSR count). The lowest BCUT2D eigenvalue weighted by atomic mass is 9.89. The van der Waals surface area contributed by atoms with Crippen molar-refractivity contribution in [2.45, 2.75) is 18.9 Å². The van der Waals surface area contributed by atoms with E-state index >= 15 is 0 Å². The second kappa shape index (κ2) is 5.22. The van der Waals surface area contributed by atoms with Crippen molar-refractivity contribution in [3.8, 4) is 0 Å². The molecule has 0 aliphatic carbocycles. The lowest BCUT2D eigenvalue weighted by Gasteiger charge is -2.25. The zero-order valence-electron chi connectivity index (χ0n) is 9.41. The maximum absolute atomic E-state index is 6.44. The standard InChI is InChI=1S/C13H13Br2NS/c1-13(16,7-10-6-9(14)8-17-10)11-4-2-3-5-12(11)15/h2-6,8H,7,16H2,1H3. The smallest absolute Gasteiger partial charge is 0.0441 e. The topological polar surface area (TPSA) is 26.0 Å². The van der Waals surface area contributed by atoms with Gasteiger partial charge in [-0.25, -0.2) is 0 Å². The van der Waals surface area contributed by atoms with Crippen molar-refractivity contribution in [1.82, 2.24) is 0 Å². The predicted octanol–water partition coefficient (Wildman–Crippen LogP) is 4.69. The fourth-order valence-corrected chi connectivity index (χ4v) is 4.18. The van der Waals surface area contributed by atoms with E-state index in [1.54, 1.807) is 11.3 Å². The first-order valence-electron chi connectivity index (χ1n) is 5.26. The molecule has 90 valence electrons. The van der Waals surface area contributed by atoms with Crippen LogP contribution in [0.3, 0.4) is 0 Å². The molecule has 1 aromatic heterocycles. The van der Waals surface area contributed by atoms with Gasteiger partial charge in [-0.2, -0.15) is 0 Å². The zero-order chi connectivity index (χ0) is 12.5. The Morgan fingerprint density at radius 2 is 2.00 bits per heavy atom. The minimum atomic E-state index is -0.357. The number of halogens is 2. The lowest BCUT2D eigenvalue weighted by Crippen LogP contribution is -2.35. The second-order valence-corrected chi connectivity index (χ2v) is 7.07. The highest BCUT2D eigenvalue weighted by atomic mass is 79.9. The van der Waals surface area contributed by atoms with Crippen LogP contribution in [0, 0.1) is 0 Å². The van der Waals surface area contributed by atoms with Crippen LogP contribution in [0.4, 0.5) is 0 Å². The molecular weight excluding hydrogens is 362 g/mol. The Balaban J connectivity index is 2.27. The van der Waals surface area contributed by atoms with Gasteiger partial charge in [-0.3, -0.25) is 0 Å². The summed E-state index contributed by atoms with van der Waals surface area (Å²) in [7, 11) is 0. The Morgan fingerprint density at radius 3 is 2.59 bits per heavy atom. The Bertz CT molecular complexity index is 520. The van der Waals surface area contributed by atoms with Crippen LogP contribution < -0.4 is 5.73 Å².